The molecule has 3 aromatic rings. The first-order valence-electron chi connectivity index (χ1n) is 12.3. The highest BCUT2D eigenvalue weighted by molar-refractivity contribution is 6.13. The molecule has 40 heavy (non-hydrogen) atoms. The molecule has 3 rings (SSSR count). The van der Waals surface area contributed by atoms with Crippen LogP contribution in [0.15, 0.2) is 91.0 Å². The zero-order chi connectivity index (χ0) is 29.2. The van der Waals surface area contributed by atoms with E-state index in [1.165, 1.54) is 0 Å². The molecule has 12 heteroatoms. The lowest BCUT2D eigenvalue weighted by Crippen LogP contribution is -2.54. The van der Waals surface area contributed by atoms with E-state index in [0.717, 1.165) is 16.7 Å². The van der Waals surface area contributed by atoms with Crippen LogP contribution < -0.4 is 16.0 Å². The van der Waals surface area contributed by atoms with Crippen molar-refractivity contribution in [3.63, 3.8) is 0 Å². The largest absolute Gasteiger partial charge is 0.482 e. The highest BCUT2D eigenvalue weighted by Gasteiger charge is 2.27. The van der Waals surface area contributed by atoms with Crippen LogP contribution in [0.5, 0.6) is 0 Å². The van der Waals surface area contributed by atoms with Gasteiger partial charge in [0.25, 0.3) is 0 Å². The van der Waals surface area contributed by atoms with Crippen molar-refractivity contribution < 1.29 is 39.1 Å². The number of rotatable bonds is 12. The van der Waals surface area contributed by atoms with E-state index in [0.29, 0.717) is 0 Å². The summed E-state index contributed by atoms with van der Waals surface area (Å²) in [7, 11) is 0. The minimum absolute atomic E-state index is 0. The third-order valence-corrected chi connectivity index (χ3v) is 5.44. The van der Waals surface area contributed by atoms with E-state index < -0.39 is 42.5 Å². The minimum Gasteiger partial charge on any atom is -0.480 e. The Morgan fingerprint density at radius 2 is 1.15 bits per heavy atom. The van der Waals surface area contributed by atoms with Crippen molar-refractivity contribution in [2.45, 2.75) is 31.5 Å². The summed E-state index contributed by atoms with van der Waals surface area (Å²) >= 11 is 0. The molecule has 0 saturated carbocycles. The zero-order valence-corrected chi connectivity index (χ0v) is 21.6. The Labute approximate surface area is 232 Å². The maximum absolute atomic E-state index is 13.1. The van der Waals surface area contributed by atoms with Gasteiger partial charge in [0, 0.05) is 12.8 Å². The second-order valence-corrected chi connectivity index (χ2v) is 8.43. The Kier molecular flexibility index (Phi) is 14.0. The Morgan fingerprint density at radius 3 is 1.62 bits per heavy atom. The van der Waals surface area contributed by atoms with Crippen molar-refractivity contribution >= 4 is 31.6 Å². The maximum atomic E-state index is 13.1. The van der Waals surface area contributed by atoms with Gasteiger partial charge in [0.05, 0.1) is 0 Å². The molecule has 6 N–H and O–H groups in total. The molecule has 0 saturated heterocycles. The topological polar surface area (TPSA) is 174 Å². The lowest BCUT2D eigenvalue weighted by molar-refractivity contribution is -0.142. The second kappa shape index (κ2) is 17.8. The fraction of sp³-hybridized carbons (Fsp3) is 0.214. The molecular formula is C28H31BN3O8. The molecule has 0 spiro atoms. The molecular weight excluding hydrogens is 517 g/mol. The number of nitrogens with one attached hydrogen (secondary N) is 3. The highest BCUT2D eigenvalue weighted by atomic mass is 16.5. The summed E-state index contributed by atoms with van der Waals surface area (Å²) in [6.45, 7) is -0.371. The first-order chi connectivity index (χ1) is 19.3. The van der Waals surface area contributed by atoms with Gasteiger partial charge in [0.1, 0.15) is 25.2 Å². The van der Waals surface area contributed by atoms with Crippen molar-refractivity contribution in [1.82, 2.24) is 16.0 Å². The number of ether oxygens (including phenoxy) is 1. The lowest BCUT2D eigenvalue weighted by Gasteiger charge is -2.22. The number of aliphatic carboxylic acids is 1. The molecule has 0 aliphatic rings. The molecule has 2 atom stereocenters. The SMILES string of the molecule is O=C(CNC(=O)OCc1ccccc1)NC(Cc1ccccc1)C(=O)NC(Cc1ccccc1)C(=O)O.O[B]O. The predicted molar refractivity (Wildman–Crippen MR) is 147 cm³/mol. The average Bonchev–Trinajstić information content (AvgIpc) is 2.96. The standard InChI is InChI=1S/C28H29N3O6.BH2O2/c32-25(18-29-28(36)37-19-22-14-8-3-9-15-22)30-23(16-20-10-4-1-5-11-20)26(33)31-24(27(34)35)17-21-12-6-2-7-13-21;2-1-3/h1-15,23-24H,16-19H2,(H,29,36)(H,30,32)(H,31,33)(H,34,35);2-3H. The van der Waals surface area contributed by atoms with Gasteiger partial charge in [-0.3, -0.25) is 9.59 Å². The third-order valence-electron chi connectivity index (χ3n) is 5.44. The molecule has 3 aromatic carbocycles. The zero-order valence-electron chi connectivity index (χ0n) is 21.6. The van der Waals surface area contributed by atoms with Crippen molar-refractivity contribution in [2.24, 2.45) is 0 Å². The van der Waals surface area contributed by atoms with Crippen molar-refractivity contribution in [3.8, 4) is 0 Å². The molecule has 2 unspecified atom stereocenters. The number of hydrogen-bond acceptors (Lipinski definition) is 7. The van der Waals surface area contributed by atoms with E-state index in [-0.39, 0.29) is 27.1 Å². The summed E-state index contributed by atoms with van der Waals surface area (Å²) in [6.07, 6.45) is -0.561. The minimum atomic E-state index is -1.19. The molecule has 209 valence electrons. The first-order valence-corrected chi connectivity index (χ1v) is 12.3. The fourth-order valence-electron chi connectivity index (χ4n) is 3.55. The van der Waals surface area contributed by atoms with Crippen molar-refractivity contribution in [1.29, 1.82) is 0 Å². The van der Waals surface area contributed by atoms with Gasteiger partial charge in [-0.25, -0.2) is 9.59 Å². The van der Waals surface area contributed by atoms with E-state index in [9.17, 15) is 24.3 Å². The maximum Gasteiger partial charge on any atom is 0.482 e. The molecule has 0 heterocycles. The third kappa shape index (κ3) is 12.2. The predicted octanol–water partition coefficient (Wildman–Crippen LogP) is 0.958. The van der Waals surface area contributed by atoms with Gasteiger partial charge < -0.3 is 35.8 Å². The number of benzene rings is 3. The van der Waals surface area contributed by atoms with Crippen molar-refractivity contribution in [2.75, 3.05) is 6.54 Å². The van der Waals surface area contributed by atoms with Gasteiger partial charge in [0.2, 0.25) is 11.8 Å². The highest BCUT2D eigenvalue weighted by Crippen LogP contribution is 2.07. The number of carboxylic acid groups (broad SMARTS) is 1. The Morgan fingerprint density at radius 1 is 0.700 bits per heavy atom. The van der Waals surface area contributed by atoms with Crippen LogP contribution in [0.2, 0.25) is 0 Å². The quantitative estimate of drug-likeness (QED) is 0.182. The van der Waals surface area contributed by atoms with Crippen LogP contribution in [0.4, 0.5) is 4.79 Å². The Balaban J connectivity index is 0.00000178. The molecule has 11 nitrogen and oxygen atoms in total. The van der Waals surface area contributed by atoms with E-state index in [4.69, 9.17) is 14.8 Å². The Hall–Kier alpha value is -4.68. The van der Waals surface area contributed by atoms with Gasteiger partial charge in [-0.15, -0.1) is 0 Å². The van der Waals surface area contributed by atoms with E-state index in [1.54, 1.807) is 60.7 Å². The van der Waals surface area contributed by atoms with Crippen LogP contribution in [0.25, 0.3) is 0 Å². The van der Waals surface area contributed by atoms with Gasteiger partial charge in [-0.05, 0) is 16.7 Å². The van der Waals surface area contributed by atoms with Crippen LogP contribution >= 0.6 is 0 Å². The number of carboxylic acids is 1. The smallest absolute Gasteiger partial charge is 0.480 e. The monoisotopic (exact) mass is 548 g/mol. The normalized spacial score (nSPS) is 11.4. The summed E-state index contributed by atoms with van der Waals surface area (Å²) in [4.78, 5) is 49.4. The molecule has 0 aromatic heterocycles. The molecule has 0 aliphatic carbocycles. The van der Waals surface area contributed by atoms with E-state index in [1.807, 2.05) is 30.3 Å². The van der Waals surface area contributed by atoms with Gasteiger partial charge in [-0.2, -0.15) is 0 Å². The lowest BCUT2D eigenvalue weighted by atomic mass is 10.0. The summed E-state index contributed by atoms with van der Waals surface area (Å²) < 4.78 is 5.09. The summed E-state index contributed by atoms with van der Waals surface area (Å²) in [5.74, 6) is -2.46. The fourth-order valence-corrected chi connectivity index (χ4v) is 3.55. The van der Waals surface area contributed by atoms with Crippen molar-refractivity contribution in [3.05, 3.63) is 108 Å². The number of hydrogen-bond donors (Lipinski definition) is 6. The van der Waals surface area contributed by atoms with E-state index in [2.05, 4.69) is 16.0 Å². The van der Waals surface area contributed by atoms with Crippen LogP contribution in [0.1, 0.15) is 16.7 Å². The van der Waals surface area contributed by atoms with Crippen LogP contribution in [-0.2, 0) is 38.6 Å². The van der Waals surface area contributed by atoms with E-state index >= 15 is 0 Å². The summed E-state index contributed by atoms with van der Waals surface area (Å²) in [5.41, 5.74) is 2.32. The molecule has 0 aliphatic heterocycles. The van der Waals surface area contributed by atoms with Gasteiger partial charge in [-0.1, -0.05) is 91.0 Å². The summed E-state index contributed by atoms with van der Waals surface area (Å²) in [5, 5.41) is 31.1. The number of alkyl carbamates (subject to hydrolysis) is 1. The molecule has 3 amide bonds. The van der Waals surface area contributed by atoms with Crippen LogP contribution in [0, 0.1) is 0 Å². The number of carbonyl (C=O) groups excluding carboxylic acids is 3. The molecule has 0 bridgehead atoms. The average molecular weight is 548 g/mol. The second-order valence-electron chi connectivity index (χ2n) is 8.43. The first kappa shape index (κ1) is 31.5. The van der Waals surface area contributed by atoms with Gasteiger partial charge >= 0.3 is 19.7 Å². The molecule has 1 radical (unpaired) electrons. The number of amides is 3. The Bertz CT molecular complexity index is 1200. The molecule has 0 fully saturated rings. The number of carbonyl (C=O) groups is 4. The van der Waals surface area contributed by atoms with Crippen LogP contribution in [-0.4, -0.2) is 65.3 Å². The summed E-state index contributed by atoms with van der Waals surface area (Å²) in [6, 6.07) is 24.8. The van der Waals surface area contributed by atoms with Gasteiger partial charge in [0.15, 0.2) is 0 Å². The van der Waals surface area contributed by atoms with Crippen LogP contribution in [0.3, 0.4) is 0 Å².